The molecule has 136 valence electrons. The van der Waals surface area contributed by atoms with Crippen molar-refractivity contribution >= 4 is 25.8 Å². The minimum Gasteiger partial charge on any atom is -0.339 e. The van der Waals surface area contributed by atoms with Gasteiger partial charge in [0.05, 0.1) is 17.8 Å². The Kier molecular flexibility index (Phi) is 6.26. The van der Waals surface area contributed by atoms with E-state index in [1.54, 1.807) is 32.6 Å². The average Bonchev–Trinajstić information content (AvgIpc) is 2.67. The summed E-state index contributed by atoms with van der Waals surface area (Å²) in [7, 11) is -6.48. The van der Waals surface area contributed by atoms with Crippen LogP contribution in [0.5, 0.6) is 0 Å². The van der Waals surface area contributed by atoms with Crippen LogP contribution in [0.2, 0.25) is 0 Å². The van der Waals surface area contributed by atoms with Gasteiger partial charge in [-0.15, -0.1) is 0 Å². The lowest BCUT2D eigenvalue weighted by atomic mass is 10.1. The first-order valence-electron chi connectivity index (χ1n) is 7.75. The van der Waals surface area contributed by atoms with E-state index in [1.165, 1.54) is 4.31 Å². The lowest BCUT2D eigenvalue weighted by Crippen LogP contribution is -2.48. The van der Waals surface area contributed by atoms with E-state index in [4.69, 9.17) is 0 Å². The summed E-state index contributed by atoms with van der Waals surface area (Å²) in [6.07, 6.45) is 1.63. The molecule has 1 aliphatic rings. The van der Waals surface area contributed by atoms with Gasteiger partial charge in [-0.3, -0.25) is 4.79 Å². The largest absolute Gasteiger partial charge is 0.339 e. The zero-order valence-electron chi connectivity index (χ0n) is 14.6. The van der Waals surface area contributed by atoms with Crippen molar-refractivity contribution in [2.75, 3.05) is 30.9 Å². The SMILES string of the molecule is CCN(C(=O)CCN(C(C)(C)C)S(C)(=O)=O)C1CCS(=O)(=O)C1. The number of hydrogen-bond acceptors (Lipinski definition) is 5. The monoisotopic (exact) mass is 368 g/mol. The van der Waals surface area contributed by atoms with E-state index in [1.807, 2.05) is 0 Å². The molecule has 1 saturated heterocycles. The van der Waals surface area contributed by atoms with Gasteiger partial charge in [0, 0.05) is 31.1 Å². The van der Waals surface area contributed by atoms with Crippen LogP contribution in [-0.2, 0) is 24.7 Å². The second-order valence-corrected chi connectivity index (χ2v) is 11.1. The lowest BCUT2D eigenvalue weighted by Gasteiger charge is -2.34. The molecular weight excluding hydrogens is 340 g/mol. The zero-order valence-corrected chi connectivity index (χ0v) is 16.2. The Labute approximate surface area is 140 Å². The van der Waals surface area contributed by atoms with Gasteiger partial charge < -0.3 is 4.90 Å². The number of hydrogen-bond donors (Lipinski definition) is 0. The van der Waals surface area contributed by atoms with E-state index in [2.05, 4.69) is 0 Å². The first kappa shape index (κ1) is 20.4. The summed E-state index contributed by atoms with van der Waals surface area (Å²) in [4.78, 5) is 14.0. The Morgan fingerprint density at radius 1 is 1.26 bits per heavy atom. The van der Waals surface area contributed by atoms with Crippen LogP contribution in [0.25, 0.3) is 0 Å². The van der Waals surface area contributed by atoms with Gasteiger partial charge >= 0.3 is 0 Å². The number of sulfonamides is 1. The molecule has 1 rings (SSSR count). The molecule has 0 saturated carbocycles. The highest BCUT2D eigenvalue weighted by Gasteiger charge is 2.35. The molecule has 1 heterocycles. The van der Waals surface area contributed by atoms with E-state index in [9.17, 15) is 21.6 Å². The first-order valence-corrected chi connectivity index (χ1v) is 11.4. The molecule has 0 spiro atoms. The van der Waals surface area contributed by atoms with Crippen molar-refractivity contribution in [3.05, 3.63) is 0 Å². The average molecular weight is 369 g/mol. The minimum atomic E-state index is -3.42. The molecule has 1 unspecified atom stereocenters. The summed E-state index contributed by atoms with van der Waals surface area (Å²) >= 11 is 0. The third-order valence-corrected chi connectivity index (χ3v) is 7.27. The zero-order chi connectivity index (χ0) is 18.1. The third-order valence-electron chi connectivity index (χ3n) is 3.99. The van der Waals surface area contributed by atoms with Crippen LogP contribution in [-0.4, -0.2) is 74.4 Å². The molecule has 0 radical (unpaired) electrons. The Balaban J connectivity index is 2.77. The molecule has 0 bridgehead atoms. The summed E-state index contributed by atoms with van der Waals surface area (Å²) in [5, 5.41) is 0. The molecule has 1 fully saturated rings. The van der Waals surface area contributed by atoms with E-state index in [-0.39, 0.29) is 36.4 Å². The summed E-state index contributed by atoms with van der Waals surface area (Å²) in [6.45, 7) is 7.66. The normalized spacial score (nSPS) is 21.6. The molecule has 23 heavy (non-hydrogen) atoms. The van der Waals surface area contributed by atoms with E-state index in [0.29, 0.717) is 13.0 Å². The van der Waals surface area contributed by atoms with Crippen LogP contribution in [0.15, 0.2) is 0 Å². The topological polar surface area (TPSA) is 91.8 Å². The van der Waals surface area contributed by atoms with Crippen molar-refractivity contribution in [3.8, 4) is 0 Å². The van der Waals surface area contributed by atoms with Crippen LogP contribution in [0.4, 0.5) is 0 Å². The summed E-state index contributed by atoms with van der Waals surface area (Å²) in [6, 6.07) is -0.293. The summed E-state index contributed by atoms with van der Waals surface area (Å²) in [5.41, 5.74) is -0.610. The van der Waals surface area contributed by atoms with Gasteiger partial charge in [-0.2, -0.15) is 4.31 Å². The second kappa shape index (κ2) is 7.06. The molecule has 0 aromatic heterocycles. The highest BCUT2D eigenvalue weighted by Crippen LogP contribution is 2.21. The predicted molar refractivity (Wildman–Crippen MR) is 90.4 cm³/mol. The number of rotatable bonds is 6. The molecule has 1 atom stereocenters. The predicted octanol–water partition coefficient (Wildman–Crippen LogP) is 0.472. The van der Waals surface area contributed by atoms with Crippen LogP contribution in [0.1, 0.15) is 40.5 Å². The molecule has 0 N–H and O–H groups in total. The van der Waals surface area contributed by atoms with Crippen molar-refractivity contribution in [2.24, 2.45) is 0 Å². The van der Waals surface area contributed by atoms with Crippen LogP contribution < -0.4 is 0 Å². The fourth-order valence-corrected chi connectivity index (χ4v) is 6.15. The number of nitrogens with zero attached hydrogens (tertiary/aromatic N) is 2. The molecule has 9 heteroatoms. The quantitative estimate of drug-likeness (QED) is 0.680. The second-order valence-electron chi connectivity index (χ2n) is 6.99. The molecule has 7 nitrogen and oxygen atoms in total. The molecular formula is C14H28N2O5S2. The van der Waals surface area contributed by atoms with Gasteiger partial charge in [0.15, 0.2) is 9.84 Å². The third kappa shape index (κ3) is 5.72. The number of carbonyl (C=O) groups excluding carboxylic acids is 1. The summed E-state index contributed by atoms with van der Waals surface area (Å²) < 4.78 is 48.3. The molecule has 0 aromatic carbocycles. The lowest BCUT2D eigenvalue weighted by molar-refractivity contribution is -0.133. The van der Waals surface area contributed by atoms with E-state index < -0.39 is 25.4 Å². The van der Waals surface area contributed by atoms with Crippen LogP contribution in [0, 0.1) is 0 Å². The summed E-state index contributed by atoms with van der Waals surface area (Å²) in [5.74, 6) is -0.0897. The minimum absolute atomic E-state index is 0.00163. The Morgan fingerprint density at radius 2 is 1.83 bits per heavy atom. The Hall–Kier alpha value is -0.670. The fourth-order valence-electron chi connectivity index (χ4n) is 3.00. The maximum atomic E-state index is 12.4. The van der Waals surface area contributed by atoms with Gasteiger partial charge in [0.25, 0.3) is 0 Å². The first-order chi connectivity index (χ1) is 10.3. The highest BCUT2D eigenvalue weighted by molar-refractivity contribution is 7.91. The molecule has 0 aliphatic carbocycles. The number of amides is 1. The smallest absolute Gasteiger partial charge is 0.224 e. The van der Waals surface area contributed by atoms with Gasteiger partial charge in [-0.25, -0.2) is 16.8 Å². The maximum Gasteiger partial charge on any atom is 0.224 e. The van der Waals surface area contributed by atoms with Crippen molar-refractivity contribution in [1.29, 1.82) is 0 Å². The van der Waals surface area contributed by atoms with E-state index >= 15 is 0 Å². The number of sulfone groups is 1. The van der Waals surface area contributed by atoms with Crippen LogP contribution >= 0.6 is 0 Å². The van der Waals surface area contributed by atoms with Gasteiger partial charge in [0.2, 0.25) is 15.9 Å². The maximum absolute atomic E-state index is 12.4. The molecule has 1 amide bonds. The molecule has 0 aromatic rings. The molecule has 1 aliphatic heterocycles. The van der Waals surface area contributed by atoms with Crippen molar-refractivity contribution < 1.29 is 21.6 Å². The fraction of sp³-hybridized carbons (Fsp3) is 0.929. The van der Waals surface area contributed by atoms with Gasteiger partial charge in [0.1, 0.15) is 0 Å². The highest BCUT2D eigenvalue weighted by atomic mass is 32.2. The Morgan fingerprint density at radius 3 is 2.17 bits per heavy atom. The van der Waals surface area contributed by atoms with Gasteiger partial charge in [-0.1, -0.05) is 0 Å². The Bertz CT molecular complexity index is 635. The van der Waals surface area contributed by atoms with Crippen molar-refractivity contribution in [2.45, 2.75) is 52.1 Å². The van der Waals surface area contributed by atoms with Crippen molar-refractivity contribution in [1.82, 2.24) is 9.21 Å². The standard InChI is InChI=1S/C14H28N2O5S2/c1-6-15(12-8-10-23(20,21)11-12)13(17)7-9-16(14(2,3)4)22(5,18)19/h12H,6-11H2,1-5H3. The van der Waals surface area contributed by atoms with Gasteiger partial charge in [-0.05, 0) is 34.1 Å². The van der Waals surface area contributed by atoms with Crippen molar-refractivity contribution in [3.63, 3.8) is 0 Å². The van der Waals surface area contributed by atoms with Crippen LogP contribution in [0.3, 0.4) is 0 Å². The number of carbonyl (C=O) groups is 1. The van der Waals surface area contributed by atoms with E-state index in [0.717, 1.165) is 6.26 Å².